The molecule has 0 bridgehead atoms. The number of hydrogen-bond donors (Lipinski definition) is 2. The van der Waals surface area contributed by atoms with E-state index in [9.17, 15) is 33.2 Å². The third kappa shape index (κ3) is 5.90. The summed E-state index contributed by atoms with van der Waals surface area (Å²) in [5.41, 5.74) is -1.26. The number of aliphatic carboxylic acids is 1. The lowest BCUT2D eigenvalue weighted by Gasteiger charge is -2.32. The Bertz CT molecular complexity index is 1480. The maximum atomic E-state index is 13.1. The highest BCUT2D eigenvalue weighted by atomic mass is 35.5. The number of nitro groups is 1. The van der Waals surface area contributed by atoms with E-state index >= 15 is 0 Å². The number of nitrogens with zero attached hydrogens (tertiary/aromatic N) is 1. The molecule has 0 heterocycles. The van der Waals surface area contributed by atoms with Crippen LogP contribution in [0, 0.1) is 10.1 Å². The number of rotatable bonds is 9. The van der Waals surface area contributed by atoms with E-state index in [1.807, 2.05) is 0 Å². The molecule has 206 valence electrons. The molecule has 4 aromatic rings. The molecule has 0 aliphatic heterocycles. The van der Waals surface area contributed by atoms with Crippen LogP contribution in [0.3, 0.4) is 0 Å². The summed E-state index contributed by atoms with van der Waals surface area (Å²) in [5, 5.41) is 26.3. The monoisotopic (exact) mass is 588 g/mol. The fraction of sp³-hybridized carbons (Fsp3) is 0.138. The number of carboxylic acids is 1. The van der Waals surface area contributed by atoms with Gasteiger partial charge >= 0.3 is 12.1 Å². The smallest absolute Gasteiger partial charge is 0.416 e. The second-order valence-corrected chi connectivity index (χ2v) is 9.80. The van der Waals surface area contributed by atoms with Crippen molar-refractivity contribution in [2.24, 2.45) is 0 Å². The van der Waals surface area contributed by atoms with E-state index in [-0.39, 0.29) is 29.9 Å². The van der Waals surface area contributed by atoms with E-state index in [0.717, 1.165) is 12.1 Å². The minimum atomic E-state index is -4.46. The van der Waals surface area contributed by atoms with Gasteiger partial charge in [0.1, 0.15) is 11.1 Å². The number of nitrogens with one attached hydrogen (secondary N) is 1. The van der Waals surface area contributed by atoms with Gasteiger partial charge in [0.2, 0.25) is 0 Å². The first-order valence-electron chi connectivity index (χ1n) is 11.9. The first kappa shape index (κ1) is 28.9. The summed E-state index contributed by atoms with van der Waals surface area (Å²) in [6.07, 6.45) is -4.19. The van der Waals surface area contributed by atoms with Crippen LogP contribution < -0.4 is 5.32 Å². The highest BCUT2D eigenvalue weighted by molar-refractivity contribution is 6.30. The fourth-order valence-corrected chi connectivity index (χ4v) is 4.79. The standard InChI is InChI=1S/C29H21Cl2F3N2O4/c30-23-10-5-19(6-11-23)28(27(37)38,20-7-12-24(31)13-8-20)22-9-14-26(36(39)40)25(17-22)35-16-15-18-1-3-21(4-2-18)29(32,33)34/h1-14,17,35H,15-16H2,(H,37,38). The molecule has 11 heteroatoms. The molecule has 4 aromatic carbocycles. The summed E-state index contributed by atoms with van der Waals surface area (Å²) in [6.45, 7) is 0.137. The molecule has 2 N–H and O–H groups in total. The average Bonchev–Trinajstić information content (AvgIpc) is 2.90. The fourth-order valence-electron chi connectivity index (χ4n) is 4.54. The lowest BCUT2D eigenvalue weighted by atomic mass is 9.69. The molecule has 0 saturated carbocycles. The van der Waals surface area contributed by atoms with Crippen LogP contribution >= 0.6 is 23.2 Å². The molecule has 0 aromatic heterocycles. The average molecular weight is 589 g/mol. The first-order valence-corrected chi connectivity index (χ1v) is 12.6. The van der Waals surface area contributed by atoms with Crippen LogP contribution in [-0.4, -0.2) is 22.5 Å². The highest BCUT2D eigenvalue weighted by Gasteiger charge is 2.45. The van der Waals surface area contributed by atoms with Crippen molar-refractivity contribution in [3.05, 3.63) is 139 Å². The minimum absolute atomic E-state index is 0.0583. The molecule has 0 radical (unpaired) electrons. The van der Waals surface area contributed by atoms with Gasteiger partial charge in [-0.1, -0.05) is 65.7 Å². The number of anilines is 1. The number of halogens is 5. The molecule has 6 nitrogen and oxygen atoms in total. The molecular formula is C29H21Cl2F3N2O4. The van der Waals surface area contributed by atoms with E-state index in [4.69, 9.17) is 23.2 Å². The van der Waals surface area contributed by atoms with Gasteiger partial charge in [0, 0.05) is 22.7 Å². The maximum absolute atomic E-state index is 13.1. The lowest BCUT2D eigenvalue weighted by Crippen LogP contribution is -2.38. The molecule has 0 aliphatic carbocycles. The van der Waals surface area contributed by atoms with Crippen LogP contribution in [0.1, 0.15) is 27.8 Å². The molecule has 0 spiro atoms. The quantitative estimate of drug-likeness (QED) is 0.117. The van der Waals surface area contributed by atoms with Gasteiger partial charge in [0.05, 0.1) is 10.5 Å². The van der Waals surface area contributed by atoms with E-state index in [1.165, 1.54) is 30.3 Å². The van der Waals surface area contributed by atoms with Crippen LogP contribution in [0.4, 0.5) is 24.5 Å². The highest BCUT2D eigenvalue weighted by Crippen LogP contribution is 2.43. The molecule has 0 amide bonds. The largest absolute Gasteiger partial charge is 0.480 e. The van der Waals surface area contributed by atoms with Gasteiger partial charge in [-0.05, 0) is 71.1 Å². The van der Waals surface area contributed by atoms with E-state index in [0.29, 0.717) is 26.7 Å². The summed E-state index contributed by atoms with van der Waals surface area (Å²) in [5.74, 6) is -1.23. The molecule has 4 rings (SSSR count). The second kappa shape index (κ2) is 11.6. The van der Waals surface area contributed by atoms with Crippen molar-refractivity contribution < 1.29 is 28.0 Å². The molecule has 0 atom stereocenters. The number of alkyl halides is 3. The zero-order valence-corrected chi connectivity index (χ0v) is 22.1. The Morgan fingerprint density at radius 1 is 0.800 bits per heavy atom. The molecule has 0 unspecified atom stereocenters. The Morgan fingerprint density at radius 3 is 1.73 bits per heavy atom. The normalized spacial score (nSPS) is 11.7. The third-order valence-corrected chi connectivity index (χ3v) is 7.02. The Kier molecular flexibility index (Phi) is 8.37. The molecule has 0 aliphatic rings. The predicted octanol–water partition coefficient (Wildman–Crippen LogP) is 7.99. The number of nitro benzene ring substituents is 1. The predicted molar refractivity (Wildman–Crippen MR) is 147 cm³/mol. The van der Waals surface area contributed by atoms with E-state index in [2.05, 4.69) is 5.32 Å². The van der Waals surface area contributed by atoms with Gasteiger partial charge in [0.25, 0.3) is 5.69 Å². The van der Waals surface area contributed by atoms with Gasteiger partial charge < -0.3 is 10.4 Å². The van der Waals surface area contributed by atoms with Crippen LogP contribution in [0.25, 0.3) is 0 Å². The van der Waals surface area contributed by atoms with Crippen molar-refractivity contribution in [1.29, 1.82) is 0 Å². The Balaban J connectivity index is 1.76. The topological polar surface area (TPSA) is 92.5 Å². The third-order valence-electron chi connectivity index (χ3n) is 6.51. The van der Waals surface area contributed by atoms with Gasteiger partial charge in [-0.25, -0.2) is 0 Å². The van der Waals surface area contributed by atoms with Gasteiger partial charge in [-0.2, -0.15) is 13.2 Å². The van der Waals surface area contributed by atoms with Gasteiger partial charge in [0.15, 0.2) is 0 Å². The lowest BCUT2D eigenvalue weighted by molar-refractivity contribution is -0.384. The number of hydrogen-bond acceptors (Lipinski definition) is 4. The van der Waals surface area contributed by atoms with E-state index < -0.39 is 28.0 Å². The summed E-state index contributed by atoms with van der Waals surface area (Å²) in [4.78, 5) is 24.3. The molecule has 0 saturated heterocycles. The summed E-state index contributed by atoms with van der Waals surface area (Å²) < 4.78 is 38.6. The number of carboxylic acid groups (broad SMARTS) is 1. The van der Waals surface area contributed by atoms with Crippen molar-refractivity contribution >= 4 is 40.5 Å². The van der Waals surface area contributed by atoms with Crippen molar-refractivity contribution in [2.75, 3.05) is 11.9 Å². The first-order chi connectivity index (χ1) is 18.9. The molecule has 40 heavy (non-hydrogen) atoms. The number of carbonyl (C=O) groups is 1. The summed E-state index contributed by atoms with van der Waals surface area (Å²) in [7, 11) is 0. The zero-order chi connectivity index (χ0) is 29.1. The van der Waals surface area contributed by atoms with Crippen LogP contribution in [-0.2, 0) is 22.8 Å². The van der Waals surface area contributed by atoms with Crippen LogP contribution in [0.5, 0.6) is 0 Å². The zero-order valence-electron chi connectivity index (χ0n) is 20.6. The van der Waals surface area contributed by atoms with Crippen molar-refractivity contribution in [2.45, 2.75) is 18.0 Å². The molecule has 0 fully saturated rings. The number of benzene rings is 4. The van der Waals surface area contributed by atoms with Crippen LogP contribution in [0.15, 0.2) is 91.0 Å². The second-order valence-electron chi connectivity index (χ2n) is 8.93. The molecular weight excluding hydrogens is 568 g/mol. The van der Waals surface area contributed by atoms with Crippen molar-refractivity contribution in [3.63, 3.8) is 0 Å². The van der Waals surface area contributed by atoms with Crippen molar-refractivity contribution in [1.82, 2.24) is 0 Å². The SMILES string of the molecule is O=C(O)C(c1ccc(Cl)cc1)(c1ccc(Cl)cc1)c1ccc([N+](=O)[O-])c(NCCc2ccc(C(F)(F)F)cc2)c1. The Hall–Kier alpha value is -4.08. The van der Waals surface area contributed by atoms with Gasteiger partial charge in [-0.3, -0.25) is 14.9 Å². The Labute approximate surface area is 237 Å². The summed E-state index contributed by atoms with van der Waals surface area (Å²) >= 11 is 12.1. The Morgan fingerprint density at radius 2 is 1.27 bits per heavy atom. The van der Waals surface area contributed by atoms with Crippen LogP contribution in [0.2, 0.25) is 10.0 Å². The minimum Gasteiger partial charge on any atom is -0.480 e. The van der Waals surface area contributed by atoms with Gasteiger partial charge in [-0.15, -0.1) is 0 Å². The van der Waals surface area contributed by atoms with Crippen molar-refractivity contribution in [3.8, 4) is 0 Å². The summed E-state index contributed by atoms with van der Waals surface area (Å²) in [6, 6.07) is 21.1. The maximum Gasteiger partial charge on any atom is 0.416 e. The van der Waals surface area contributed by atoms with E-state index in [1.54, 1.807) is 48.5 Å².